The number of carbonyl (C=O) groups excluding carboxylic acids is 1. The van der Waals surface area contributed by atoms with E-state index in [-0.39, 0.29) is 30.1 Å². The Hall–Kier alpha value is -2.20. The third-order valence-corrected chi connectivity index (χ3v) is 6.44. The maximum absolute atomic E-state index is 12.9. The first-order valence-electron chi connectivity index (χ1n) is 8.23. The van der Waals surface area contributed by atoms with E-state index in [9.17, 15) is 13.2 Å². The van der Waals surface area contributed by atoms with Crippen LogP contribution in [0.5, 0.6) is 0 Å². The highest BCUT2D eigenvalue weighted by atomic mass is 32.2. The molecule has 2 aromatic rings. The van der Waals surface area contributed by atoms with Crippen molar-refractivity contribution in [1.29, 1.82) is 0 Å². The van der Waals surface area contributed by atoms with E-state index in [1.54, 1.807) is 22.7 Å². The molecule has 0 spiro atoms. The molecule has 2 aliphatic rings. The van der Waals surface area contributed by atoms with E-state index in [1.165, 1.54) is 16.8 Å². The van der Waals surface area contributed by atoms with Crippen LogP contribution in [0.25, 0.3) is 0 Å². The fourth-order valence-corrected chi connectivity index (χ4v) is 4.89. The van der Waals surface area contributed by atoms with Crippen molar-refractivity contribution >= 4 is 15.9 Å². The van der Waals surface area contributed by atoms with Crippen LogP contribution in [0.3, 0.4) is 0 Å². The number of likely N-dealkylation sites (tertiary alicyclic amines) is 1. The van der Waals surface area contributed by atoms with Crippen molar-refractivity contribution in [3.8, 4) is 0 Å². The number of hydrogen-bond acceptors (Lipinski definition) is 5. The predicted molar refractivity (Wildman–Crippen MR) is 87.9 cm³/mol. The topological polar surface area (TPSA) is 93.3 Å². The molecule has 1 atom stereocenters. The fraction of sp³-hybridized carbons (Fsp3) is 0.533. The molecule has 9 nitrogen and oxygen atoms in total. The summed E-state index contributed by atoms with van der Waals surface area (Å²) in [7, 11) is -1.95. The molecule has 134 valence electrons. The standard InChI is InChI=1S/C15H20N6O3S/c1-18-10-14(16-11-18)25(23,24)20-8-12-4-5-17-21(12)13(9-20)7-19-6-2-3-15(19)22/h4-5,10-11,13H,2-3,6-9H2,1H3/t13-/m0/s1. The summed E-state index contributed by atoms with van der Waals surface area (Å²) < 4.78 is 30.7. The summed E-state index contributed by atoms with van der Waals surface area (Å²) in [5.74, 6) is 0.124. The van der Waals surface area contributed by atoms with Crippen LogP contribution >= 0.6 is 0 Å². The zero-order chi connectivity index (χ0) is 17.6. The summed E-state index contributed by atoms with van der Waals surface area (Å²) in [4.78, 5) is 17.7. The monoisotopic (exact) mass is 364 g/mol. The Kier molecular flexibility index (Phi) is 3.88. The molecule has 1 amide bonds. The van der Waals surface area contributed by atoms with Crippen molar-refractivity contribution < 1.29 is 13.2 Å². The zero-order valence-corrected chi connectivity index (χ0v) is 14.8. The Labute approximate surface area is 145 Å². The van der Waals surface area contributed by atoms with E-state index in [0.717, 1.165) is 18.7 Å². The number of amides is 1. The highest BCUT2D eigenvalue weighted by Crippen LogP contribution is 2.27. The molecule has 0 N–H and O–H groups in total. The van der Waals surface area contributed by atoms with E-state index < -0.39 is 10.0 Å². The second kappa shape index (κ2) is 5.95. The molecule has 1 saturated heterocycles. The van der Waals surface area contributed by atoms with Gasteiger partial charge in [0.05, 0.1) is 24.6 Å². The fourth-order valence-electron chi connectivity index (χ4n) is 3.48. The molecule has 2 aliphatic heterocycles. The Morgan fingerprint density at radius 1 is 1.36 bits per heavy atom. The van der Waals surface area contributed by atoms with Crippen LogP contribution in [0.1, 0.15) is 24.6 Å². The minimum absolute atomic E-state index is 0.0407. The zero-order valence-electron chi connectivity index (χ0n) is 13.9. The lowest BCUT2D eigenvalue weighted by Crippen LogP contribution is -2.45. The van der Waals surface area contributed by atoms with Crippen LogP contribution in [0.4, 0.5) is 0 Å². The van der Waals surface area contributed by atoms with Crippen LogP contribution in [0, 0.1) is 0 Å². The minimum Gasteiger partial charge on any atom is -0.340 e. The molecule has 10 heteroatoms. The molecular formula is C15H20N6O3S. The van der Waals surface area contributed by atoms with E-state index in [2.05, 4.69) is 10.1 Å². The number of sulfonamides is 1. The molecular weight excluding hydrogens is 344 g/mol. The number of imidazole rings is 1. The average molecular weight is 364 g/mol. The summed E-state index contributed by atoms with van der Waals surface area (Å²) in [6.07, 6.45) is 6.06. The molecule has 0 bridgehead atoms. The van der Waals surface area contributed by atoms with E-state index >= 15 is 0 Å². The maximum Gasteiger partial charge on any atom is 0.262 e. The Morgan fingerprint density at radius 2 is 2.20 bits per heavy atom. The lowest BCUT2D eigenvalue weighted by Gasteiger charge is -2.34. The van der Waals surface area contributed by atoms with Gasteiger partial charge in [-0.05, 0) is 12.5 Å². The van der Waals surface area contributed by atoms with Crippen molar-refractivity contribution in [3.05, 3.63) is 30.5 Å². The van der Waals surface area contributed by atoms with Gasteiger partial charge in [-0.2, -0.15) is 9.40 Å². The van der Waals surface area contributed by atoms with Crippen molar-refractivity contribution in [3.63, 3.8) is 0 Å². The molecule has 1 fully saturated rings. The van der Waals surface area contributed by atoms with E-state index in [4.69, 9.17) is 0 Å². The van der Waals surface area contributed by atoms with Gasteiger partial charge in [0, 0.05) is 45.5 Å². The van der Waals surface area contributed by atoms with Crippen LogP contribution in [-0.4, -0.2) is 62.5 Å². The number of aromatic nitrogens is 4. The summed E-state index contributed by atoms with van der Waals surface area (Å²) in [6, 6.07) is 1.62. The van der Waals surface area contributed by atoms with Gasteiger partial charge in [0.25, 0.3) is 10.0 Å². The normalized spacial score (nSPS) is 21.7. The van der Waals surface area contributed by atoms with Gasteiger partial charge >= 0.3 is 0 Å². The number of rotatable bonds is 4. The molecule has 0 aromatic carbocycles. The summed E-state index contributed by atoms with van der Waals surface area (Å²) in [5, 5.41) is 4.38. The predicted octanol–water partition coefficient (Wildman–Crippen LogP) is -0.0154. The van der Waals surface area contributed by atoms with Gasteiger partial charge in [0.2, 0.25) is 5.91 Å². The average Bonchev–Trinajstić information content (AvgIpc) is 3.29. The molecule has 0 aliphatic carbocycles. The third kappa shape index (κ3) is 2.85. The molecule has 4 heterocycles. The van der Waals surface area contributed by atoms with Crippen LogP contribution in [-0.2, 0) is 28.4 Å². The van der Waals surface area contributed by atoms with Gasteiger partial charge in [0.1, 0.15) is 0 Å². The second-order valence-corrected chi connectivity index (χ2v) is 8.42. The number of hydrogen-bond donors (Lipinski definition) is 0. The highest BCUT2D eigenvalue weighted by Gasteiger charge is 2.36. The molecule has 2 aromatic heterocycles. The molecule has 4 rings (SSSR count). The van der Waals surface area contributed by atoms with Crippen LogP contribution < -0.4 is 0 Å². The Bertz CT molecular complexity index is 902. The van der Waals surface area contributed by atoms with Crippen molar-refractivity contribution in [2.24, 2.45) is 7.05 Å². The summed E-state index contributed by atoms with van der Waals surface area (Å²) in [6.45, 7) is 1.72. The quantitative estimate of drug-likeness (QED) is 0.760. The first-order chi connectivity index (χ1) is 11.9. The number of carbonyl (C=O) groups is 1. The number of fused-ring (bicyclic) bond motifs is 1. The molecule has 0 saturated carbocycles. The highest BCUT2D eigenvalue weighted by molar-refractivity contribution is 7.89. The first-order valence-corrected chi connectivity index (χ1v) is 9.67. The van der Waals surface area contributed by atoms with E-state index in [1.807, 2.05) is 10.7 Å². The van der Waals surface area contributed by atoms with Crippen molar-refractivity contribution in [2.75, 3.05) is 19.6 Å². The van der Waals surface area contributed by atoms with Gasteiger partial charge in [-0.25, -0.2) is 13.4 Å². The van der Waals surface area contributed by atoms with Gasteiger partial charge < -0.3 is 9.47 Å². The Balaban J connectivity index is 1.62. The van der Waals surface area contributed by atoms with E-state index in [0.29, 0.717) is 13.0 Å². The van der Waals surface area contributed by atoms with Crippen molar-refractivity contribution in [1.82, 2.24) is 28.5 Å². The molecule has 25 heavy (non-hydrogen) atoms. The first kappa shape index (κ1) is 16.3. The minimum atomic E-state index is -3.69. The molecule has 0 unspecified atom stereocenters. The number of aryl methyl sites for hydroxylation is 1. The largest absolute Gasteiger partial charge is 0.340 e. The third-order valence-electron chi connectivity index (χ3n) is 4.74. The van der Waals surface area contributed by atoms with Gasteiger partial charge in [-0.3, -0.25) is 9.48 Å². The Morgan fingerprint density at radius 3 is 2.88 bits per heavy atom. The van der Waals surface area contributed by atoms with Gasteiger partial charge in [-0.15, -0.1) is 0 Å². The summed E-state index contributed by atoms with van der Waals surface area (Å²) >= 11 is 0. The second-order valence-electron chi connectivity index (χ2n) is 6.54. The van der Waals surface area contributed by atoms with Gasteiger partial charge in [-0.1, -0.05) is 0 Å². The summed E-state index contributed by atoms with van der Waals surface area (Å²) in [5.41, 5.74) is 0.822. The van der Waals surface area contributed by atoms with Crippen molar-refractivity contribution in [2.45, 2.75) is 30.5 Å². The lowest BCUT2D eigenvalue weighted by atomic mass is 10.2. The van der Waals surface area contributed by atoms with Crippen LogP contribution in [0.15, 0.2) is 29.8 Å². The molecule has 0 radical (unpaired) electrons. The number of nitrogens with zero attached hydrogens (tertiary/aromatic N) is 6. The van der Waals surface area contributed by atoms with Crippen LogP contribution in [0.2, 0.25) is 0 Å². The maximum atomic E-state index is 12.9. The smallest absolute Gasteiger partial charge is 0.262 e. The SMILES string of the molecule is Cn1cnc(S(=O)(=O)N2Cc3ccnn3[C@@H](CN3CCCC3=O)C2)c1. The lowest BCUT2D eigenvalue weighted by molar-refractivity contribution is -0.128. The van der Waals surface area contributed by atoms with Gasteiger partial charge in [0.15, 0.2) is 5.03 Å².